The lowest BCUT2D eigenvalue weighted by molar-refractivity contribution is -0.133. The summed E-state index contributed by atoms with van der Waals surface area (Å²) in [5, 5.41) is 0. The Balaban J connectivity index is 2.76. The van der Waals surface area contributed by atoms with Crippen molar-refractivity contribution in [3.05, 3.63) is 29.3 Å². The molecule has 112 valence electrons. The molecule has 0 atom stereocenters. The fourth-order valence-electron chi connectivity index (χ4n) is 1.58. The number of hydrogen-bond acceptors (Lipinski definition) is 3. The topological polar surface area (TPSA) is 55.6 Å². The molecule has 0 fully saturated rings. The van der Waals surface area contributed by atoms with Crippen LogP contribution >= 0.6 is 0 Å². The molecule has 2 N–H and O–H groups in total. The van der Waals surface area contributed by atoms with Crippen molar-refractivity contribution < 1.29 is 18.3 Å². The largest absolute Gasteiger partial charge is 0.478 e. The van der Waals surface area contributed by atoms with Gasteiger partial charge in [-0.1, -0.05) is 0 Å². The van der Waals surface area contributed by atoms with Crippen molar-refractivity contribution in [1.82, 2.24) is 4.90 Å². The second-order valence-electron chi connectivity index (χ2n) is 4.81. The average molecular weight is 286 g/mol. The van der Waals surface area contributed by atoms with Gasteiger partial charge < -0.3 is 15.4 Å². The van der Waals surface area contributed by atoms with Gasteiger partial charge >= 0.3 is 0 Å². The van der Waals surface area contributed by atoms with E-state index in [1.165, 1.54) is 17.0 Å². The first-order chi connectivity index (χ1) is 9.36. The van der Waals surface area contributed by atoms with E-state index in [2.05, 4.69) is 0 Å². The molecule has 20 heavy (non-hydrogen) atoms. The highest BCUT2D eigenvalue weighted by Crippen LogP contribution is 2.23. The van der Waals surface area contributed by atoms with E-state index in [9.17, 15) is 13.6 Å². The quantitative estimate of drug-likeness (QED) is 0.866. The number of ether oxygens (including phenoxy) is 1. The number of benzene rings is 1. The number of rotatable bonds is 6. The van der Waals surface area contributed by atoms with Crippen molar-refractivity contribution in [3.8, 4) is 5.75 Å². The van der Waals surface area contributed by atoms with Crippen LogP contribution in [0.5, 0.6) is 5.75 Å². The van der Waals surface area contributed by atoms with E-state index in [4.69, 9.17) is 10.5 Å². The Kier molecular flexibility index (Phi) is 5.88. The van der Waals surface area contributed by atoms with Crippen LogP contribution in [0.1, 0.15) is 19.4 Å². The minimum Gasteiger partial charge on any atom is -0.478 e. The number of hydrogen-bond donors (Lipinski definition) is 1. The van der Waals surface area contributed by atoms with E-state index in [-0.39, 0.29) is 11.9 Å². The van der Waals surface area contributed by atoms with E-state index >= 15 is 0 Å². The molecule has 1 rings (SSSR count). The maximum Gasteiger partial charge on any atom is 0.260 e. The lowest BCUT2D eigenvalue weighted by Gasteiger charge is -2.21. The summed E-state index contributed by atoms with van der Waals surface area (Å²) >= 11 is 0. The molecule has 0 aromatic heterocycles. The van der Waals surface area contributed by atoms with Crippen LogP contribution in [-0.4, -0.2) is 37.0 Å². The van der Waals surface area contributed by atoms with Gasteiger partial charge in [-0.05, 0) is 44.5 Å². The molecule has 0 heterocycles. The zero-order valence-electron chi connectivity index (χ0n) is 12.0. The summed E-state index contributed by atoms with van der Waals surface area (Å²) in [5.41, 5.74) is 5.79. The van der Waals surface area contributed by atoms with Gasteiger partial charge in [0.2, 0.25) is 0 Å². The van der Waals surface area contributed by atoms with Gasteiger partial charge in [-0.15, -0.1) is 0 Å². The molecular formula is C14H20F2N2O2. The Labute approximate surface area is 117 Å². The van der Waals surface area contributed by atoms with Crippen LogP contribution in [0.2, 0.25) is 0 Å². The second kappa shape index (κ2) is 7.19. The summed E-state index contributed by atoms with van der Waals surface area (Å²) in [6.07, 6.45) is 0.378. The van der Waals surface area contributed by atoms with Gasteiger partial charge in [-0.2, -0.15) is 0 Å². The van der Waals surface area contributed by atoms with Crippen molar-refractivity contribution >= 4 is 5.91 Å². The van der Waals surface area contributed by atoms with Crippen molar-refractivity contribution in [3.63, 3.8) is 0 Å². The number of nitrogens with two attached hydrogens (primary N) is 1. The highest BCUT2D eigenvalue weighted by atomic mass is 19.1. The normalized spacial score (nSPS) is 10.8. The van der Waals surface area contributed by atoms with E-state index in [1.807, 2.05) is 13.8 Å². The molecule has 0 aliphatic heterocycles. The standard InChI is InChI=1S/C14H20F2N2O2/c1-9(2)18(3)13(19)8-20-14-11(15)6-10(4-5-17)7-12(14)16/h6-7,9H,4-5,8,17H2,1-3H3. The lowest BCUT2D eigenvalue weighted by Crippen LogP contribution is -2.36. The van der Waals surface area contributed by atoms with Gasteiger partial charge in [0, 0.05) is 13.1 Å². The summed E-state index contributed by atoms with van der Waals surface area (Å²) < 4.78 is 32.4. The van der Waals surface area contributed by atoms with Gasteiger partial charge in [0.05, 0.1) is 0 Å². The number of carbonyl (C=O) groups is 1. The Morgan fingerprint density at radius 1 is 1.35 bits per heavy atom. The van der Waals surface area contributed by atoms with Crippen LogP contribution in [0, 0.1) is 11.6 Å². The number of halogens is 2. The third-order valence-corrected chi connectivity index (χ3v) is 3.00. The molecule has 0 radical (unpaired) electrons. The molecule has 6 heteroatoms. The number of nitrogens with zero attached hydrogens (tertiary/aromatic N) is 1. The predicted molar refractivity (Wildman–Crippen MR) is 72.5 cm³/mol. The fourth-order valence-corrected chi connectivity index (χ4v) is 1.58. The van der Waals surface area contributed by atoms with Crippen LogP contribution < -0.4 is 10.5 Å². The van der Waals surface area contributed by atoms with Crippen LogP contribution in [0.3, 0.4) is 0 Å². The summed E-state index contributed by atoms with van der Waals surface area (Å²) in [5.74, 6) is -2.52. The summed E-state index contributed by atoms with van der Waals surface area (Å²) in [7, 11) is 1.60. The molecule has 1 aromatic rings. The maximum absolute atomic E-state index is 13.7. The number of carbonyl (C=O) groups excluding carboxylic acids is 1. The Morgan fingerprint density at radius 2 is 1.90 bits per heavy atom. The first kappa shape index (κ1) is 16.4. The molecule has 0 bridgehead atoms. The Morgan fingerprint density at radius 3 is 2.35 bits per heavy atom. The van der Waals surface area contributed by atoms with Crippen molar-refractivity contribution in [1.29, 1.82) is 0 Å². The third kappa shape index (κ3) is 4.16. The summed E-state index contributed by atoms with van der Waals surface area (Å²) in [6, 6.07) is 2.33. The first-order valence-electron chi connectivity index (χ1n) is 6.43. The van der Waals surface area contributed by atoms with Gasteiger partial charge in [0.25, 0.3) is 5.91 Å². The monoisotopic (exact) mass is 286 g/mol. The molecule has 0 aliphatic rings. The van der Waals surface area contributed by atoms with Gasteiger partial charge in [0.1, 0.15) is 0 Å². The highest BCUT2D eigenvalue weighted by molar-refractivity contribution is 5.77. The fraction of sp³-hybridized carbons (Fsp3) is 0.500. The van der Waals surface area contributed by atoms with E-state index in [0.717, 1.165) is 0 Å². The SMILES string of the molecule is CC(C)N(C)C(=O)COc1c(F)cc(CCN)cc1F. The average Bonchev–Trinajstić information content (AvgIpc) is 2.36. The minimum absolute atomic E-state index is 0.00674. The molecule has 1 aromatic carbocycles. The molecule has 1 amide bonds. The number of likely N-dealkylation sites (N-methyl/N-ethyl adjacent to an activating group) is 1. The molecule has 0 aliphatic carbocycles. The van der Waals surface area contributed by atoms with Crippen LogP contribution in [0.15, 0.2) is 12.1 Å². The van der Waals surface area contributed by atoms with E-state index in [0.29, 0.717) is 18.5 Å². The minimum atomic E-state index is -0.826. The first-order valence-corrected chi connectivity index (χ1v) is 6.43. The second-order valence-corrected chi connectivity index (χ2v) is 4.81. The van der Waals surface area contributed by atoms with Gasteiger partial charge in [0.15, 0.2) is 24.0 Å². The van der Waals surface area contributed by atoms with Crippen molar-refractivity contribution in [2.24, 2.45) is 5.73 Å². The maximum atomic E-state index is 13.7. The molecule has 0 saturated carbocycles. The van der Waals surface area contributed by atoms with Crippen molar-refractivity contribution in [2.75, 3.05) is 20.2 Å². The Bertz CT molecular complexity index is 455. The summed E-state index contributed by atoms with van der Waals surface area (Å²) in [4.78, 5) is 13.1. The lowest BCUT2D eigenvalue weighted by atomic mass is 10.1. The molecule has 0 saturated heterocycles. The predicted octanol–water partition coefficient (Wildman–Crippen LogP) is 1.71. The molecule has 0 spiro atoms. The molecule has 0 unspecified atom stereocenters. The van der Waals surface area contributed by atoms with Crippen LogP contribution in [0.4, 0.5) is 8.78 Å². The van der Waals surface area contributed by atoms with E-state index in [1.54, 1.807) is 7.05 Å². The van der Waals surface area contributed by atoms with Gasteiger partial charge in [-0.25, -0.2) is 8.78 Å². The zero-order valence-corrected chi connectivity index (χ0v) is 12.0. The molecule has 4 nitrogen and oxygen atoms in total. The highest BCUT2D eigenvalue weighted by Gasteiger charge is 2.17. The smallest absolute Gasteiger partial charge is 0.260 e. The van der Waals surface area contributed by atoms with Gasteiger partial charge in [-0.3, -0.25) is 4.79 Å². The van der Waals surface area contributed by atoms with E-state index < -0.39 is 24.0 Å². The Hall–Kier alpha value is -1.69. The number of amides is 1. The van der Waals surface area contributed by atoms with Crippen LogP contribution in [-0.2, 0) is 11.2 Å². The summed E-state index contributed by atoms with van der Waals surface area (Å²) in [6.45, 7) is 3.57. The zero-order chi connectivity index (χ0) is 15.3. The molecular weight excluding hydrogens is 266 g/mol. The van der Waals surface area contributed by atoms with Crippen LogP contribution in [0.25, 0.3) is 0 Å². The third-order valence-electron chi connectivity index (χ3n) is 3.00. The van der Waals surface area contributed by atoms with Crippen molar-refractivity contribution in [2.45, 2.75) is 26.3 Å².